The predicted octanol–water partition coefficient (Wildman–Crippen LogP) is -0.545. The van der Waals surface area contributed by atoms with Gasteiger partial charge in [-0.15, -0.1) is 0 Å². The van der Waals surface area contributed by atoms with Crippen molar-refractivity contribution < 1.29 is 9.59 Å². The van der Waals surface area contributed by atoms with E-state index in [1.165, 1.54) is 0 Å². The van der Waals surface area contributed by atoms with Crippen LogP contribution in [0.1, 0.15) is 15.9 Å². The van der Waals surface area contributed by atoms with Crippen molar-refractivity contribution in [3.63, 3.8) is 0 Å². The van der Waals surface area contributed by atoms with Crippen LogP contribution in [0.5, 0.6) is 0 Å². The van der Waals surface area contributed by atoms with Crippen LogP contribution in [-0.2, 0) is 11.3 Å². The van der Waals surface area contributed by atoms with Gasteiger partial charge < -0.3 is 16.4 Å². The number of hydrogen-bond acceptors (Lipinski definition) is 3. The first-order chi connectivity index (χ1) is 7.59. The molecule has 1 aliphatic rings. The third-order valence-corrected chi connectivity index (χ3v) is 2.68. The van der Waals surface area contributed by atoms with Gasteiger partial charge in [-0.05, 0) is 11.6 Å². The highest BCUT2D eigenvalue weighted by atomic mass is 16.2. The number of nitrogens with zero attached hydrogens (tertiary/aromatic N) is 1. The summed E-state index contributed by atoms with van der Waals surface area (Å²) >= 11 is 0. The van der Waals surface area contributed by atoms with Crippen molar-refractivity contribution in [2.24, 2.45) is 11.5 Å². The summed E-state index contributed by atoms with van der Waals surface area (Å²) in [5.74, 6) is -0.684. The lowest BCUT2D eigenvalue weighted by Crippen LogP contribution is -2.46. The third-order valence-electron chi connectivity index (χ3n) is 2.68. The topological polar surface area (TPSA) is 89.4 Å². The van der Waals surface area contributed by atoms with Crippen LogP contribution in [0.4, 0.5) is 0 Å². The molecular formula is C11H13N3O2. The van der Waals surface area contributed by atoms with Crippen molar-refractivity contribution in [2.45, 2.75) is 12.6 Å². The first-order valence-electron chi connectivity index (χ1n) is 5.01. The number of carbonyl (C=O) groups is 2. The molecule has 1 aromatic rings. The van der Waals surface area contributed by atoms with Gasteiger partial charge in [0.05, 0.1) is 0 Å². The minimum absolute atomic E-state index is 0.0905. The van der Waals surface area contributed by atoms with Crippen molar-refractivity contribution >= 4 is 11.8 Å². The van der Waals surface area contributed by atoms with Gasteiger partial charge in [0.25, 0.3) is 5.91 Å². The summed E-state index contributed by atoms with van der Waals surface area (Å²) in [6.45, 7) is 0.666. The highest BCUT2D eigenvalue weighted by molar-refractivity contribution is 5.98. The van der Waals surface area contributed by atoms with Gasteiger partial charge in [0.1, 0.15) is 6.04 Å². The maximum absolute atomic E-state index is 11.9. The molecule has 1 heterocycles. The van der Waals surface area contributed by atoms with Crippen LogP contribution in [-0.4, -0.2) is 29.3 Å². The number of benzene rings is 1. The lowest BCUT2D eigenvalue weighted by atomic mass is 10.1. The second kappa shape index (κ2) is 3.94. The van der Waals surface area contributed by atoms with Gasteiger partial charge in [0, 0.05) is 18.7 Å². The minimum atomic E-state index is -0.807. The first-order valence-corrected chi connectivity index (χ1v) is 5.01. The number of rotatable bonds is 3. The lowest BCUT2D eigenvalue weighted by molar-refractivity contribution is -0.119. The zero-order chi connectivity index (χ0) is 11.7. The van der Waals surface area contributed by atoms with Gasteiger partial charge in [-0.1, -0.05) is 18.2 Å². The Morgan fingerprint density at radius 2 is 2.12 bits per heavy atom. The Kier molecular flexibility index (Phi) is 2.62. The Hall–Kier alpha value is -1.88. The van der Waals surface area contributed by atoms with Crippen LogP contribution in [0.15, 0.2) is 24.3 Å². The van der Waals surface area contributed by atoms with E-state index in [4.69, 9.17) is 11.5 Å². The van der Waals surface area contributed by atoms with Crippen molar-refractivity contribution in [3.8, 4) is 0 Å². The molecule has 0 fully saturated rings. The van der Waals surface area contributed by atoms with Crippen LogP contribution >= 0.6 is 0 Å². The molecule has 0 spiro atoms. The minimum Gasteiger partial charge on any atom is -0.368 e. The number of fused-ring (bicyclic) bond motifs is 1. The summed E-state index contributed by atoms with van der Waals surface area (Å²) in [6.07, 6.45) is 0. The van der Waals surface area contributed by atoms with Gasteiger partial charge in [-0.25, -0.2) is 0 Å². The summed E-state index contributed by atoms with van der Waals surface area (Å²) in [4.78, 5) is 24.2. The van der Waals surface area contributed by atoms with E-state index in [9.17, 15) is 9.59 Å². The molecule has 2 rings (SSSR count). The lowest BCUT2D eigenvalue weighted by Gasteiger charge is -2.18. The number of primary amides is 1. The molecule has 1 aromatic carbocycles. The fraction of sp³-hybridized carbons (Fsp3) is 0.273. The fourth-order valence-corrected chi connectivity index (χ4v) is 1.79. The number of nitrogens with two attached hydrogens (primary N) is 2. The van der Waals surface area contributed by atoms with E-state index in [1.807, 2.05) is 18.2 Å². The fourth-order valence-electron chi connectivity index (χ4n) is 1.79. The maximum Gasteiger partial charge on any atom is 0.254 e. The van der Waals surface area contributed by atoms with Crippen LogP contribution in [0.25, 0.3) is 0 Å². The summed E-state index contributed by atoms with van der Waals surface area (Å²) < 4.78 is 0. The quantitative estimate of drug-likeness (QED) is 0.715. The van der Waals surface area contributed by atoms with Crippen molar-refractivity contribution in [3.05, 3.63) is 35.4 Å². The Bertz CT molecular complexity index is 445. The second-order valence-electron chi connectivity index (χ2n) is 3.85. The summed E-state index contributed by atoms with van der Waals surface area (Å²) in [5, 5.41) is 0. The number of carbonyl (C=O) groups excluding carboxylic acids is 2. The van der Waals surface area contributed by atoms with E-state index in [0.29, 0.717) is 12.1 Å². The van der Waals surface area contributed by atoms with E-state index in [2.05, 4.69) is 0 Å². The molecule has 0 saturated heterocycles. The van der Waals surface area contributed by atoms with E-state index < -0.39 is 11.9 Å². The Morgan fingerprint density at radius 3 is 2.75 bits per heavy atom. The second-order valence-corrected chi connectivity index (χ2v) is 3.85. The molecule has 1 atom stereocenters. The molecule has 0 bridgehead atoms. The molecule has 0 aliphatic carbocycles. The summed E-state index contributed by atoms with van der Waals surface area (Å²) in [6, 6.07) is 6.55. The van der Waals surface area contributed by atoms with E-state index in [0.717, 1.165) is 5.56 Å². The zero-order valence-electron chi connectivity index (χ0n) is 8.72. The van der Waals surface area contributed by atoms with Crippen LogP contribution in [0, 0.1) is 0 Å². The van der Waals surface area contributed by atoms with Crippen molar-refractivity contribution in [2.75, 3.05) is 6.54 Å². The van der Waals surface area contributed by atoms with Gasteiger partial charge in [0.2, 0.25) is 5.91 Å². The molecule has 84 valence electrons. The third kappa shape index (κ3) is 1.77. The average molecular weight is 219 g/mol. The zero-order valence-corrected chi connectivity index (χ0v) is 8.72. The monoisotopic (exact) mass is 219 g/mol. The van der Waals surface area contributed by atoms with Crippen molar-refractivity contribution in [1.82, 2.24) is 4.90 Å². The molecule has 5 nitrogen and oxygen atoms in total. The first kappa shape index (κ1) is 10.6. The van der Waals surface area contributed by atoms with E-state index >= 15 is 0 Å². The van der Waals surface area contributed by atoms with Gasteiger partial charge >= 0.3 is 0 Å². The van der Waals surface area contributed by atoms with Gasteiger partial charge in [-0.2, -0.15) is 0 Å². The van der Waals surface area contributed by atoms with Crippen LogP contribution in [0.2, 0.25) is 0 Å². The largest absolute Gasteiger partial charge is 0.368 e. The van der Waals surface area contributed by atoms with E-state index in [1.54, 1.807) is 11.0 Å². The smallest absolute Gasteiger partial charge is 0.254 e. The molecule has 1 aliphatic heterocycles. The highest BCUT2D eigenvalue weighted by Gasteiger charge is 2.28. The average Bonchev–Trinajstić information content (AvgIpc) is 2.56. The van der Waals surface area contributed by atoms with Gasteiger partial charge in [-0.3, -0.25) is 9.59 Å². The standard InChI is InChI=1S/C11H13N3O2/c12-9(10(13)15)6-14-5-7-3-1-2-4-8(7)11(14)16/h1-4,9H,5-6,12H2,(H2,13,15). The molecule has 4 N–H and O–H groups in total. The molecule has 1 unspecified atom stereocenters. The predicted molar refractivity (Wildman–Crippen MR) is 58.4 cm³/mol. The molecular weight excluding hydrogens is 206 g/mol. The molecule has 0 aromatic heterocycles. The Balaban J connectivity index is 2.13. The maximum atomic E-state index is 11.9. The SMILES string of the molecule is NC(=O)C(N)CN1Cc2ccccc2C1=O. The summed E-state index contributed by atoms with van der Waals surface area (Å²) in [5.41, 5.74) is 12.2. The Morgan fingerprint density at radius 1 is 1.44 bits per heavy atom. The molecule has 0 radical (unpaired) electrons. The number of hydrogen-bond donors (Lipinski definition) is 2. The molecule has 16 heavy (non-hydrogen) atoms. The number of amides is 2. The van der Waals surface area contributed by atoms with Gasteiger partial charge in [0.15, 0.2) is 0 Å². The van der Waals surface area contributed by atoms with Crippen LogP contribution < -0.4 is 11.5 Å². The normalized spacial score (nSPS) is 16.1. The molecule has 0 saturated carbocycles. The molecule has 2 amide bonds. The van der Waals surface area contributed by atoms with Crippen molar-refractivity contribution in [1.29, 1.82) is 0 Å². The van der Waals surface area contributed by atoms with Crippen LogP contribution in [0.3, 0.4) is 0 Å². The van der Waals surface area contributed by atoms with E-state index in [-0.39, 0.29) is 12.5 Å². The molecule has 5 heteroatoms. The summed E-state index contributed by atoms with van der Waals surface area (Å²) in [7, 11) is 0. The Labute approximate surface area is 93.0 Å². The highest BCUT2D eigenvalue weighted by Crippen LogP contribution is 2.21.